The summed E-state index contributed by atoms with van der Waals surface area (Å²) >= 11 is 0. The molecule has 0 spiro atoms. The van der Waals surface area contributed by atoms with Crippen LogP contribution in [0.15, 0.2) is 18.2 Å². The summed E-state index contributed by atoms with van der Waals surface area (Å²) in [5, 5.41) is 0. The van der Waals surface area contributed by atoms with Crippen LogP contribution in [0.3, 0.4) is 0 Å². The van der Waals surface area contributed by atoms with Gasteiger partial charge in [-0.15, -0.1) is 0 Å². The molecule has 6 heteroatoms. The van der Waals surface area contributed by atoms with Crippen LogP contribution in [-0.2, 0) is 11.3 Å². The van der Waals surface area contributed by atoms with Crippen LogP contribution >= 0.6 is 0 Å². The molecule has 1 aromatic rings. The van der Waals surface area contributed by atoms with Crippen LogP contribution in [0.4, 0.5) is 13.2 Å². The molecule has 1 saturated heterocycles. The fourth-order valence-corrected chi connectivity index (χ4v) is 2.84. The van der Waals surface area contributed by atoms with E-state index in [2.05, 4.69) is 9.64 Å². The highest BCUT2D eigenvalue weighted by atomic mass is 19.3. The van der Waals surface area contributed by atoms with Crippen LogP contribution in [0, 0.1) is 11.7 Å². The third-order valence-electron chi connectivity index (χ3n) is 4.04. The lowest BCUT2D eigenvalue weighted by Gasteiger charge is -2.35. The van der Waals surface area contributed by atoms with Gasteiger partial charge in [0.25, 0.3) is 0 Å². The molecule has 0 N–H and O–H groups in total. The largest absolute Gasteiger partial charge is 0.432 e. The normalized spacial score (nSPS) is 23.5. The van der Waals surface area contributed by atoms with Gasteiger partial charge in [0, 0.05) is 19.1 Å². The number of hydrogen-bond acceptors (Lipinski definition) is 3. The minimum absolute atomic E-state index is 0.388. The maximum absolute atomic E-state index is 13.7. The molecule has 1 unspecified atom stereocenters. The first-order valence-corrected chi connectivity index (χ1v) is 7.18. The molecule has 2 aliphatic rings. The van der Waals surface area contributed by atoms with Crippen molar-refractivity contribution in [2.75, 3.05) is 19.8 Å². The minimum Gasteiger partial charge on any atom is -0.432 e. The summed E-state index contributed by atoms with van der Waals surface area (Å²) in [7, 11) is 0. The number of nitrogens with zero attached hydrogens (tertiary/aromatic N) is 1. The molecule has 21 heavy (non-hydrogen) atoms. The van der Waals surface area contributed by atoms with Gasteiger partial charge in [-0.2, -0.15) is 8.78 Å². The van der Waals surface area contributed by atoms with Gasteiger partial charge in [0.15, 0.2) is 11.6 Å². The first kappa shape index (κ1) is 14.7. The zero-order valence-electron chi connectivity index (χ0n) is 11.6. The van der Waals surface area contributed by atoms with E-state index in [0.717, 1.165) is 18.7 Å². The van der Waals surface area contributed by atoms with Crippen molar-refractivity contribution in [3.63, 3.8) is 0 Å². The first-order chi connectivity index (χ1) is 10.1. The van der Waals surface area contributed by atoms with E-state index in [-0.39, 0.29) is 0 Å². The van der Waals surface area contributed by atoms with E-state index < -0.39 is 18.2 Å². The zero-order chi connectivity index (χ0) is 14.8. The van der Waals surface area contributed by atoms with Crippen LogP contribution < -0.4 is 4.74 Å². The van der Waals surface area contributed by atoms with Crippen LogP contribution in [0.5, 0.6) is 5.75 Å². The second kappa shape index (κ2) is 6.23. The van der Waals surface area contributed by atoms with Gasteiger partial charge in [0.05, 0.1) is 13.2 Å². The van der Waals surface area contributed by atoms with Gasteiger partial charge in [-0.1, -0.05) is 6.07 Å². The Balaban J connectivity index is 1.67. The SMILES string of the molecule is Fc1cc(CN2CCOCC2C2CC2)ccc1OC(F)F. The van der Waals surface area contributed by atoms with Crippen LogP contribution in [0.25, 0.3) is 0 Å². The number of rotatable bonds is 5. The van der Waals surface area contributed by atoms with Crippen molar-refractivity contribution < 1.29 is 22.6 Å². The highest BCUT2D eigenvalue weighted by Crippen LogP contribution is 2.37. The smallest absolute Gasteiger partial charge is 0.387 e. The van der Waals surface area contributed by atoms with Gasteiger partial charge < -0.3 is 9.47 Å². The number of morpholine rings is 1. The van der Waals surface area contributed by atoms with Gasteiger partial charge in [-0.25, -0.2) is 4.39 Å². The summed E-state index contributed by atoms with van der Waals surface area (Å²) in [5.74, 6) is -0.477. The highest BCUT2D eigenvalue weighted by molar-refractivity contribution is 5.29. The van der Waals surface area contributed by atoms with E-state index in [4.69, 9.17) is 4.74 Å². The van der Waals surface area contributed by atoms with Crippen molar-refractivity contribution in [1.29, 1.82) is 0 Å². The minimum atomic E-state index is -3.01. The summed E-state index contributed by atoms with van der Waals surface area (Å²) in [6, 6.07) is 4.57. The predicted molar refractivity (Wildman–Crippen MR) is 70.8 cm³/mol. The second-order valence-corrected chi connectivity index (χ2v) is 5.59. The summed E-state index contributed by atoms with van der Waals surface area (Å²) in [6.07, 6.45) is 2.44. The molecule has 1 aliphatic heterocycles. The summed E-state index contributed by atoms with van der Waals surface area (Å²) in [5.41, 5.74) is 0.765. The van der Waals surface area contributed by atoms with Gasteiger partial charge in [-0.3, -0.25) is 4.90 Å². The van der Waals surface area contributed by atoms with Crippen molar-refractivity contribution in [1.82, 2.24) is 4.90 Å². The van der Waals surface area contributed by atoms with Gasteiger partial charge in [0.1, 0.15) is 0 Å². The van der Waals surface area contributed by atoms with Crippen molar-refractivity contribution >= 4 is 0 Å². The highest BCUT2D eigenvalue weighted by Gasteiger charge is 2.37. The summed E-state index contributed by atoms with van der Waals surface area (Å²) in [4.78, 5) is 2.30. The van der Waals surface area contributed by atoms with E-state index in [9.17, 15) is 13.2 Å². The average Bonchev–Trinajstić information content (AvgIpc) is 3.27. The molecular weight excluding hydrogens is 283 g/mol. The molecule has 3 nitrogen and oxygen atoms in total. The summed E-state index contributed by atoms with van der Waals surface area (Å²) in [6.45, 7) is -0.184. The molecule has 2 fully saturated rings. The number of halogens is 3. The van der Waals surface area contributed by atoms with Gasteiger partial charge in [-0.05, 0) is 36.5 Å². The maximum Gasteiger partial charge on any atom is 0.387 e. The molecule has 0 amide bonds. The molecule has 3 rings (SSSR count). The zero-order valence-corrected chi connectivity index (χ0v) is 11.6. The number of alkyl halides is 2. The number of hydrogen-bond donors (Lipinski definition) is 0. The van der Waals surface area contributed by atoms with E-state index >= 15 is 0 Å². The molecule has 0 aromatic heterocycles. The molecule has 0 bridgehead atoms. The van der Waals surface area contributed by atoms with E-state index in [1.54, 1.807) is 6.07 Å². The molecule has 1 saturated carbocycles. The Morgan fingerprint density at radius 1 is 1.33 bits per heavy atom. The quantitative estimate of drug-likeness (QED) is 0.834. The fraction of sp³-hybridized carbons (Fsp3) is 0.600. The maximum atomic E-state index is 13.7. The average molecular weight is 301 g/mol. The molecule has 1 aromatic carbocycles. The van der Waals surface area contributed by atoms with E-state index in [1.807, 2.05) is 0 Å². The van der Waals surface area contributed by atoms with Gasteiger partial charge >= 0.3 is 6.61 Å². The first-order valence-electron chi connectivity index (χ1n) is 7.18. The molecule has 1 aliphatic carbocycles. The number of ether oxygens (including phenoxy) is 2. The van der Waals surface area contributed by atoms with Crippen molar-refractivity contribution in [3.8, 4) is 5.75 Å². The topological polar surface area (TPSA) is 21.7 Å². The van der Waals surface area contributed by atoms with Crippen molar-refractivity contribution in [2.45, 2.75) is 32.0 Å². The Bertz CT molecular complexity index is 494. The molecule has 116 valence electrons. The fourth-order valence-electron chi connectivity index (χ4n) is 2.84. The summed E-state index contributed by atoms with van der Waals surface area (Å²) < 4.78 is 47.6. The Labute approximate surface area is 121 Å². The molecular formula is C15H18F3NO2. The predicted octanol–water partition coefficient (Wildman–Crippen LogP) is 3.04. The number of benzene rings is 1. The Morgan fingerprint density at radius 3 is 2.81 bits per heavy atom. The van der Waals surface area contributed by atoms with E-state index in [0.29, 0.717) is 25.1 Å². The molecule has 1 heterocycles. The molecule has 0 radical (unpaired) electrons. The van der Waals surface area contributed by atoms with Crippen molar-refractivity contribution in [3.05, 3.63) is 29.6 Å². The Kier molecular flexibility index (Phi) is 4.35. The lowest BCUT2D eigenvalue weighted by atomic mass is 10.1. The standard InChI is InChI=1S/C15H18F3NO2/c16-12-7-10(1-4-14(12)21-15(17)18)8-19-5-6-20-9-13(19)11-2-3-11/h1,4,7,11,13,15H,2-3,5-6,8-9H2. The third kappa shape index (κ3) is 3.68. The van der Waals surface area contributed by atoms with Gasteiger partial charge in [0.2, 0.25) is 0 Å². The molecule has 1 atom stereocenters. The Hall–Kier alpha value is -1.27. The van der Waals surface area contributed by atoms with Crippen LogP contribution in [0.2, 0.25) is 0 Å². The van der Waals surface area contributed by atoms with Crippen molar-refractivity contribution in [2.24, 2.45) is 5.92 Å². The lowest BCUT2D eigenvalue weighted by Crippen LogP contribution is -2.46. The van der Waals surface area contributed by atoms with Crippen LogP contribution in [-0.4, -0.2) is 37.3 Å². The lowest BCUT2D eigenvalue weighted by molar-refractivity contribution is -0.0522. The monoisotopic (exact) mass is 301 g/mol. The third-order valence-corrected chi connectivity index (χ3v) is 4.04. The Morgan fingerprint density at radius 2 is 2.14 bits per heavy atom. The van der Waals surface area contributed by atoms with Crippen LogP contribution in [0.1, 0.15) is 18.4 Å². The van der Waals surface area contributed by atoms with E-state index in [1.165, 1.54) is 25.0 Å². The second-order valence-electron chi connectivity index (χ2n) is 5.59.